The highest BCUT2D eigenvalue weighted by atomic mass is 16.5. The van der Waals surface area contributed by atoms with Crippen molar-refractivity contribution >= 4 is 0 Å². The third kappa shape index (κ3) is 4.02. The first-order valence-corrected chi connectivity index (χ1v) is 9.69. The van der Waals surface area contributed by atoms with Gasteiger partial charge in [-0.1, -0.05) is 23.4 Å². The number of hydrogen-bond donors (Lipinski definition) is 2. The van der Waals surface area contributed by atoms with Crippen molar-refractivity contribution in [1.29, 1.82) is 0 Å². The van der Waals surface area contributed by atoms with Crippen LogP contribution in [-0.4, -0.2) is 10.1 Å². The van der Waals surface area contributed by atoms with E-state index in [9.17, 15) is 4.79 Å². The van der Waals surface area contributed by atoms with Gasteiger partial charge >= 0.3 is 0 Å². The predicted molar refractivity (Wildman–Crippen MR) is 106 cm³/mol. The highest BCUT2D eigenvalue weighted by Crippen LogP contribution is 2.28. The Hall–Kier alpha value is -2.86. The number of aromatic nitrogens is 2. The van der Waals surface area contributed by atoms with Crippen molar-refractivity contribution in [1.82, 2.24) is 15.5 Å². The normalized spacial score (nSPS) is 16.0. The molecule has 1 aliphatic rings. The number of hydrogen-bond acceptors (Lipinski definition) is 5. The molecule has 2 aromatic heterocycles. The summed E-state index contributed by atoms with van der Waals surface area (Å²) in [6.07, 6.45) is 3.11. The topological polar surface area (TPSA) is 80.2 Å². The van der Waals surface area contributed by atoms with Crippen LogP contribution in [0.3, 0.4) is 0 Å². The van der Waals surface area contributed by atoms with Gasteiger partial charge in [-0.05, 0) is 56.4 Å². The van der Waals surface area contributed by atoms with E-state index in [0.29, 0.717) is 6.61 Å². The van der Waals surface area contributed by atoms with E-state index in [1.165, 1.54) is 11.1 Å². The molecule has 0 amide bonds. The minimum absolute atomic E-state index is 0.0217. The first-order valence-electron chi connectivity index (χ1n) is 9.69. The molecule has 0 saturated heterocycles. The molecule has 2 N–H and O–H groups in total. The highest BCUT2D eigenvalue weighted by Gasteiger charge is 2.20. The van der Waals surface area contributed by atoms with Crippen LogP contribution in [0.4, 0.5) is 0 Å². The lowest BCUT2D eigenvalue weighted by atomic mass is 9.91. The molecule has 28 heavy (non-hydrogen) atoms. The van der Waals surface area contributed by atoms with Crippen LogP contribution in [0.15, 0.2) is 45.7 Å². The van der Waals surface area contributed by atoms with E-state index < -0.39 is 0 Å². The molecule has 1 unspecified atom stereocenters. The molecule has 1 aliphatic carbocycles. The Morgan fingerprint density at radius 1 is 1.21 bits per heavy atom. The van der Waals surface area contributed by atoms with Crippen LogP contribution < -0.4 is 15.6 Å². The Balaban J connectivity index is 1.35. The number of fused-ring (bicyclic) bond motifs is 1. The fraction of sp³-hybridized carbons (Fsp3) is 0.364. The number of rotatable bonds is 6. The Morgan fingerprint density at radius 2 is 2.04 bits per heavy atom. The van der Waals surface area contributed by atoms with Crippen molar-refractivity contribution in [3.8, 4) is 5.75 Å². The Morgan fingerprint density at radius 3 is 2.79 bits per heavy atom. The largest absolute Gasteiger partial charge is 0.489 e. The Kier molecular flexibility index (Phi) is 5.30. The van der Waals surface area contributed by atoms with Gasteiger partial charge < -0.3 is 19.6 Å². The van der Waals surface area contributed by atoms with Crippen molar-refractivity contribution < 1.29 is 9.26 Å². The van der Waals surface area contributed by atoms with Gasteiger partial charge in [-0.25, -0.2) is 0 Å². The molecule has 0 spiro atoms. The zero-order valence-electron chi connectivity index (χ0n) is 16.2. The van der Waals surface area contributed by atoms with E-state index in [4.69, 9.17) is 9.26 Å². The van der Waals surface area contributed by atoms with Gasteiger partial charge in [0.1, 0.15) is 18.1 Å². The number of aryl methyl sites for hydroxylation is 3. The predicted octanol–water partition coefficient (Wildman–Crippen LogP) is 3.73. The molecule has 146 valence electrons. The summed E-state index contributed by atoms with van der Waals surface area (Å²) in [6.45, 7) is 5.04. The van der Waals surface area contributed by atoms with E-state index >= 15 is 0 Å². The van der Waals surface area contributed by atoms with Crippen molar-refractivity contribution in [2.45, 2.75) is 52.3 Å². The van der Waals surface area contributed by atoms with Gasteiger partial charge in [0, 0.05) is 24.3 Å². The molecule has 2 heterocycles. The van der Waals surface area contributed by atoms with Crippen LogP contribution in [-0.2, 0) is 19.6 Å². The van der Waals surface area contributed by atoms with E-state index in [2.05, 4.69) is 27.6 Å². The van der Waals surface area contributed by atoms with Crippen LogP contribution in [0.2, 0.25) is 0 Å². The van der Waals surface area contributed by atoms with Crippen LogP contribution >= 0.6 is 0 Å². The first kappa shape index (κ1) is 18.5. The maximum absolute atomic E-state index is 11.5. The fourth-order valence-corrected chi connectivity index (χ4v) is 3.72. The third-order valence-electron chi connectivity index (χ3n) is 5.37. The number of H-pyrrole nitrogens is 1. The van der Waals surface area contributed by atoms with Crippen molar-refractivity contribution in [3.05, 3.63) is 80.6 Å². The molecular weight excluding hydrogens is 354 g/mol. The van der Waals surface area contributed by atoms with Gasteiger partial charge in [-0.15, -0.1) is 0 Å². The molecule has 1 atom stereocenters. The summed E-state index contributed by atoms with van der Waals surface area (Å²) in [6, 6.07) is 12.0. The van der Waals surface area contributed by atoms with Gasteiger partial charge in [0.25, 0.3) is 0 Å². The minimum Gasteiger partial charge on any atom is -0.489 e. The smallest absolute Gasteiger partial charge is 0.248 e. The van der Waals surface area contributed by atoms with Crippen LogP contribution in [0.25, 0.3) is 0 Å². The summed E-state index contributed by atoms with van der Waals surface area (Å²) in [5, 5.41) is 7.57. The SMILES string of the molecule is Cc1noc(C)c1COc1ccc(CNC2CCCc3[nH]c(=O)ccc32)cc1. The van der Waals surface area contributed by atoms with Crippen molar-refractivity contribution in [2.75, 3.05) is 0 Å². The molecule has 6 nitrogen and oxygen atoms in total. The maximum atomic E-state index is 11.5. The van der Waals surface area contributed by atoms with Gasteiger partial charge in [-0.3, -0.25) is 4.79 Å². The van der Waals surface area contributed by atoms with Crippen molar-refractivity contribution in [3.63, 3.8) is 0 Å². The number of nitrogens with zero attached hydrogens (tertiary/aromatic N) is 1. The number of pyridine rings is 1. The van der Waals surface area contributed by atoms with Gasteiger partial charge in [0.2, 0.25) is 5.56 Å². The van der Waals surface area contributed by atoms with Crippen molar-refractivity contribution in [2.24, 2.45) is 0 Å². The van der Waals surface area contributed by atoms with Gasteiger partial charge in [0.05, 0.1) is 11.3 Å². The van der Waals surface area contributed by atoms with Gasteiger partial charge in [-0.2, -0.15) is 0 Å². The second-order valence-electron chi connectivity index (χ2n) is 7.32. The molecule has 6 heteroatoms. The summed E-state index contributed by atoms with van der Waals surface area (Å²) < 4.78 is 11.0. The van der Waals surface area contributed by atoms with E-state index in [0.717, 1.165) is 54.3 Å². The van der Waals surface area contributed by atoms with Gasteiger partial charge in [0.15, 0.2) is 0 Å². The second kappa shape index (κ2) is 8.02. The zero-order valence-corrected chi connectivity index (χ0v) is 16.2. The lowest BCUT2D eigenvalue weighted by Gasteiger charge is -2.26. The Labute approximate surface area is 163 Å². The summed E-state index contributed by atoms with van der Waals surface area (Å²) >= 11 is 0. The molecule has 0 aliphatic heterocycles. The highest BCUT2D eigenvalue weighted by molar-refractivity contribution is 5.30. The number of aromatic amines is 1. The molecule has 4 rings (SSSR count). The molecule has 0 bridgehead atoms. The van der Waals surface area contributed by atoms with Crippen LogP contribution in [0, 0.1) is 13.8 Å². The molecular formula is C22H25N3O3. The first-order chi connectivity index (χ1) is 13.6. The molecule has 0 fully saturated rings. The molecule has 3 aromatic rings. The molecule has 1 aromatic carbocycles. The Bertz CT molecular complexity index is 985. The summed E-state index contributed by atoms with van der Waals surface area (Å²) in [5.41, 5.74) is 5.32. The standard InChI is InChI=1S/C22H25N3O3/c1-14-19(15(2)28-25-14)13-27-17-8-6-16(7-9-17)12-23-20-4-3-5-21-18(20)10-11-22(26)24-21/h6-11,20,23H,3-5,12-13H2,1-2H3,(H,24,26). The number of nitrogens with one attached hydrogen (secondary N) is 2. The quantitative estimate of drug-likeness (QED) is 0.682. The minimum atomic E-state index is -0.0217. The lowest BCUT2D eigenvalue weighted by molar-refractivity contribution is 0.301. The summed E-state index contributed by atoms with van der Waals surface area (Å²) in [4.78, 5) is 14.5. The molecule has 0 radical (unpaired) electrons. The third-order valence-corrected chi connectivity index (χ3v) is 5.37. The molecule has 0 saturated carbocycles. The second-order valence-corrected chi connectivity index (χ2v) is 7.32. The monoisotopic (exact) mass is 379 g/mol. The number of ether oxygens (including phenoxy) is 1. The fourth-order valence-electron chi connectivity index (χ4n) is 3.72. The van der Waals surface area contributed by atoms with E-state index in [1.807, 2.05) is 32.0 Å². The van der Waals surface area contributed by atoms with E-state index in [1.54, 1.807) is 6.07 Å². The summed E-state index contributed by atoms with van der Waals surface area (Å²) in [7, 11) is 0. The summed E-state index contributed by atoms with van der Waals surface area (Å²) in [5.74, 6) is 1.62. The maximum Gasteiger partial charge on any atom is 0.248 e. The number of benzene rings is 1. The van der Waals surface area contributed by atoms with Crippen LogP contribution in [0.1, 0.15) is 52.7 Å². The lowest BCUT2D eigenvalue weighted by Crippen LogP contribution is -2.27. The average molecular weight is 379 g/mol. The average Bonchev–Trinajstić information content (AvgIpc) is 3.03. The van der Waals surface area contributed by atoms with Crippen LogP contribution in [0.5, 0.6) is 5.75 Å². The zero-order chi connectivity index (χ0) is 19.5. The van der Waals surface area contributed by atoms with E-state index in [-0.39, 0.29) is 11.6 Å².